The zero-order valence-corrected chi connectivity index (χ0v) is 18.8. The van der Waals surface area contributed by atoms with Gasteiger partial charge in [-0.3, -0.25) is 14.9 Å². The van der Waals surface area contributed by atoms with Crippen molar-refractivity contribution in [2.75, 3.05) is 26.3 Å². The van der Waals surface area contributed by atoms with E-state index in [1.807, 2.05) is 36.5 Å². The first-order valence-corrected chi connectivity index (χ1v) is 11.6. The Morgan fingerprint density at radius 2 is 1.88 bits per heavy atom. The van der Waals surface area contributed by atoms with E-state index < -0.39 is 0 Å². The number of ether oxygens (including phenoxy) is 2. The van der Waals surface area contributed by atoms with Gasteiger partial charge in [-0.1, -0.05) is 30.3 Å². The molecule has 1 saturated heterocycles. The first-order chi connectivity index (χ1) is 16.3. The fraction of sp³-hybridized carbons (Fsp3) is 0.286. The Labute approximate surface area is 195 Å². The molecule has 0 saturated carbocycles. The van der Waals surface area contributed by atoms with Crippen LogP contribution in [0.2, 0.25) is 0 Å². The predicted molar refractivity (Wildman–Crippen MR) is 130 cm³/mol. The van der Waals surface area contributed by atoms with Crippen LogP contribution in [0.4, 0.5) is 0 Å². The SMILES string of the molecule is c1ccc(COc2cccc(CN3CCOCC(Cc4ccc5ncccc5c4)C3)c2)nc1. The number of pyridine rings is 2. The van der Waals surface area contributed by atoms with Gasteiger partial charge in [0.15, 0.2) is 0 Å². The van der Waals surface area contributed by atoms with E-state index in [4.69, 9.17) is 9.47 Å². The van der Waals surface area contributed by atoms with Crippen molar-refractivity contribution in [1.82, 2.24) is 14.9 Å². The van der Waals surface area contributed by atoms with Crippen molar-refractivity contribution in [3.05, 3.63) is 102 Å². The number of aromatic nitrogens is 2. The lowest BCUT2D eigenvalue weighted by Crippen LogP contribution is -2.30. The monoisotopic (exact) mass is 439 g/mol. The van der Waals surface area contributed by atoms with E-state index in [1.54, 1.807) is 6.20 Å². The molecular formula is C28H29N3O2. The van der Waals surface area contributed by atoms with E-state index in [2.05, 4.69) is 57.3 Å². The van der Waals surface area contributed by atoms with Gasteiger partial charge in [-0.25, -0.2) is 0 Å². The summed E-state index contributed by atoms with van der Waals surface area (Å²) >= 11 is 0. The summed E-state index contributed by atoms with van der Waals surface area (Å²) in [6.45, 7) is 4.90. The summed E-state index contributed by atoms with van der Waals surface area (Å²) in [4.78, 5) is 11.3. The molecule has 2 aromatic carbocycles. The third kappa shape index (κ3) is 5.95. The highest BCUT2D eigenvalue weighted by Gasteiger charge is 2.19. The molecule has 0 aliphatic carbocycles. The van der Waals surface area contributed by atoms with Crippen LogP contribution >= 0.6 is 0 Å². The van der Waals surface area contributed by atoms with Crippen LogP contribution in [-0.2, 0) is 24.3 Å². The second-order valence-electron chi connectivity index (χ2n) is 8.67. The lowest BCUT2D eigenvalue weighted by molar-refractivity contribution is 0.121. The lowest BCUT2D eigenvalue weighted by Gasteiger charge is -2.24. The molecule has 5 heteroatoms. The highest BCUT2D eigenvalue weighted by Crippen LogP contribution is 2.21. The van der Waals surface area contributed by atoms with Gasteiger partial charge < -0.3 is 9.47 Å². The maximum atomic E-state index is 5.97. The van der Waals surface area contributed by atoms with Gasteiger partial charge in [0.25, 0.3) is 0 Å². The van der Waals surface area contributed by atoms with E-state index in [0.29, 0.717) is 12.5 Å². The first kappa shape index (κ1) is 21.6. The molecule has 3 heterocycles. The van der Waals surface area contributed by atoms with Gasteiger partial charge in [-0.2, -0.15) is 0 Å². The topological polar surface area (TPSA) is 47.5 Å². The van der Waals surface area contributed by atoms with Crippen LogP contribution in [0.25, 0.3) is 10.9 Å². The van der Waals surface area contributed by atoms with E-state index >= 15 is 0 Å². The molecule has 0 amide bonds. The zero-order valence-electron chi connectivity index (χ0n) is 18.8. The van der Waals surface area contributed by atoms with Gasteiger partial charge in [0.2, 0.25) is 0 Å². The normalized spacial score (nSPS) is 17.0. The van der Waals surface area contributed by atoms with Crippen molar-refractivity contribution >= 4 is 10.9 Å². The van der Waals surface area contributed by atoms with Gasteiger partial charge in [-0.15, -0.1) is 0 Å². The summed E-state index contributed by atoms with van der Waals surface area (Å²) in [5, 5.41) is 1.20. The average molecular weight is 440 g/mol. The maximum absolute atomic E-state index is 5.97. The summed E-state index contributed by atoms with van der Waals surface area (Å²) in [5.74, 6) is 1.34. The second-order valence-corrected chi connectivity index (χ2v) is 8.67. The van der Waals surface area contributed by atoms with E-state index in [1.165, 1.54) is 16.5 Å². The Morgan fingerprint density at radius 1 is 0.909 bits per heavy atom. The summed E-state index contributed by atoms with van der Waals surface area (Å²) in [7, 11) is 0. The van der Waals surface area contributed by atoms with Crippen LogP contribution in [0, 0.1) is 5.92 Å². The van der Waals surface area contributed by atoms with Crippen LogP contribution in [0.15, 0.2) is 85.2 Å². The molecule has 1 fully saturated rings. The molecule has 1 aliphatic heterocycles. The van der Waals surface area contributed by atoms with Crippen LogP contribution in [0.5, 0.6) is 5.75 Å². The number of fused-ring (bicyclic) bond motifs is 1. The molecule has 5 rings (SSSR count). The van der Waals surface area contributed by atoms with Gasteiger partial charge in [0, 0.05) is 37.4 Å². The van der Waals surface area contributed by atoms with E-state index in [9.17, 15) is 0 Å². The molecule has 168 valence electrons. The van der Waals surface area contributed by atoms with Crippen LogP contribution in [0.1, 0.15) is 16.8 Å². The molecule has 5 nitrogen and oxygen atoms in total. The maximum Gasteiger partial charge on any atom is 0.130 e. The Kier molecular flexibility index (Phi) is 6.90. The molecule has 1 atom stereocenters. The summed E-state index contributed by atoms with van der Waals surface area (Å²) in [5.41, 5.74) is 4.58. The van der Waals surface area contributed by atoms with Crippen LogP contribution in [-0.4, -0.2) is 41.2 Å². The average Bonchev–Trinajstić information content (AvgIpc) is 3.08. The summed E-state index contributed by atoms with van der Waals surface area (Å²) in [6.07, 6.45) is 4.65. The third-order valence-corrected chi connectivity index (χ3v) is 6.03. The minimum absolute atomic E-state index is 0.463. The number of rotatable bonds is 7. The molecule has 2 aromatic heterocycles. The van der Waals surface area contributed by atoms with Crippen molar-refractivity contribution in [1.29, 1.82) is 0 Å². The largest absolute Gasteiger partial charge is 0.487 e. The van der Waals surface area contributed by atoms with E-state index in [0.717, 1.165) is 56.2 Å². The Hall–Kier alpha value is -3.28. The van der Waals surface area contributed by atoms with E-state index in [-0.39, 0.29) is 0 Å². The second kappa shape index (κ2) is 10.6. The first-order valence-electron chi connectivity index (χ1n) is 11.6. The van der Waals surface area contributed by atoms with Crippen molar-refractivity contribution in [3.63, 3.8) is 0 Å². The smallest absolute Gasteiger partial charge is 0.130 e. The molecule has 0 bridgehead atoms. The fourth-order valence-electron chi connectivity index (χ4n) is 4.44. The predicted octanol–water partition coefficient (Wildman–Crippen LogP) is 4.90. The van der Waals surface area contributed by atoms with Crippen molar-refractivity contribution in [2.45, 2.75) is 19.6 Å². The summed E-state index contributed by atoms with van der Waals surface area (Å²) in [6, 6.07) is 25.0. The molecule has 0 radical (unpaired) electrons. The Morgan fingerprint density at radius 3 is 2.82 bits per heavy atom. The standard InChI is InChI=1S/C28H29N3O2/c1-2-11-29-26(7-1)21-33-27-8-3-5-23(17-27)18-31-13-14-32-20-24(19-31)15-22-9-10-28-25(16-22)6-4-12-30-28/h1-12,16-17,24H,13-15,18-21H2. The highest BCUT2D eigenvalue weighted by molar-refractivity contribution is 5.78. The molecule has 0 N–H and O–H groups in total. The fourth-order valence-corrected chi connectivity index (χ4v) is 4.44. The van der Waals surface area contributed by atoms with Crippen molar-refractivity contribution in [2.24, 2.45) is 5.92 Å². The molecule has 4 aromatic rings. The zero-order chi connectivity index (χ0) is 22.3. The van der Waals surface area contributed by atoms with Gasteiger partial charge in [-0.05, 0) is 65.9 Å². The van der Waals surface area contributed by atoms with Crippen molar-refractivity contribution < 1.29 is 9.47 Å². The minimum atomic E-state index is 0.463. The molecule has 1 unspecified atom stereocenters. The van der Waals surface area contributed by atoms with Gasteiger partial charge in [0.1, 0.15) is 12.4 Å². The number of benzene rings is 2. The van der Waals surface area contributed by atoms with Crippen LogP contribution in [0.3, 0.4) is 0 Å². The Bertz CT molecular complexity index is 1180. The molecule has 33 heavy (non-hydrogen) atoms. The highest BCUT2D eigenvalue weighted by atomic mass is 16.5. The van der Waals surface area contributed by atoms with Gasteiger partial charge >= 0.3 is 0 Å². The quantitative estimate of drug-likeness (QED) is 0.410. The number of hydrogen-bond acceptors (Lipinski definition) is 5. The molecule has 1 aliphatic rings. The molecular weight excluding hydrogens is 410 g/mol. The Balaban J connectivity index is 1.21. The summed E-state index contributed by atoms with van der Waals surface area (Å²) < 4.78 is 11.9. The number of nitrogens with zero attached hydrogens (tertiary/aromatic N) is 3. The van der Waals surface area contributed by atoms with Crippen LogP contribution < -0.4 is 4.74 Å². The van der Waals surface area contributed by atoms with Crippen molar-refractivity contribution in [3.8, 4) is 5.75 Å². The number of hydrogen-bond donors (Lipinski definition) is 0. The third-order valence-electron chi connectivity index (χ3n) is 6.03. The minimum Gasteiger partial charge on any atom is -0.487 e. The van der Waals surface area contributed by atoms with Gasteiger partial charge in [0.05, 0.1) is 24.4 Å². The molecule has 0 spiro atoms. The lowest BCUT2D eigenvalue weighted by atomic mass is 9.98.